The SMILES string of the molecule is COc1cc(/C=C2/NC(=O)N(Cc3ccc(F)cc3)C2=O)c(Br)cc1OCc1ccc(C)cc1. The van der Waals surface area contributed by atoms with Crippen LogP contribution in [0.3, 0.4) is 0 Å². The van der Waals surface area contributed by atoms with Gasteiger partial charge in [-0.25, -0.2) is 9.18 Å². The number of benzene rings is 3. The number of rotatable bonds is 7. The minimum Gasteiger partial charge on any atom is -0.493 e. The van der Waals surface area contributed by atoms with Crippen LogP contribution < -0.4 is 14.8 Å². The number of amides is 3. The Hall–Kier alpha value is -3.65. The molecule has 0 bridgehead atoms. The molecule has 3 amide bonds. The highest BCUT2D eigenvalue weighted by Crippen LogP contribution is 2.35. The minimum absolute atomic E-state index is 0.0402. The first-order chi connectivity index (χ1) is 16.3. The maximum Gasteiger partial charge on any atom is 0.329 e. The molecule has 1 N–H and O–H groups in total. The summed E-state index contributed by atoms with van der Waals surface area (Å²) in [6.07, 6.45) is 1.57. The molecule has 3 aromatic carbocycles. The molecule has 1 aliphatic heterocycles. The lowest BCUT2D eigenvalue weighted by Gasteiger charge is -2.13. The smallest absolute Gasteiger partial charge is 0.329 e. The van der Waals surface area contributed by atoms with Crippen LogP contribution in [0.2, 0.25) is 0 Å². The zero-order valence-corrected chi connectivity index (χ0v) is 20.2. The van der Waals surface area contributed by atoms with E-state index in [1.165, 1.54) is 36.9 Å². The predicted octanol–water partition coefficient (Wildman–Crippen LogP) is 5.58. The largest absolute Gasteiger partial charge is 0.493 e. The van der Waals surface area contributed by atoms with Crippen LogP contribution in [-0.4, -0.2) is 23.9 Å². The molecule has 34 heavy (non-hydrogen) atoms. The summed E-state index contributed by atoms with van der Waals surface area (Å²) in [6.45, 7) is 2.44. The molecule has 8 heteroatoms. The third-order valence-electron chi connectivity index (χ3n) is 5.31. The van der Waals surface area contributed by atoms with Crippen LogP contribution in [0, 0.1) is 12.7 Å². The van der Waals surface area contributed by atoms with E-state index in [4.69, 9.17) is 9.47 Å². The molecule has 0 unspecified atom stereocenters. The van der Waals surface area contributed by atoms with Crippen LogP contribution in [0.5, 0.6) is 11.5 Å². The van der Waals surface area contributed by atoms with E-state index in [1.54, 1.807) is 18.2 Å². The predicted molar refractivity (Wildman–Crippen MR) is 130 cm³/mol. The number of halogens is 2. The second-order valence-electron chi connectivity index (χ2n) is 7.80. The number of carbonyl (C=O) groups is 2. The van der Waals surface area contributed by atoms with Gasteiger partial charge in [0.1, 0.15) is 18.1 Å². The van der Waals surface area contributed by atoms with Gasteiger partial charge in [-0.05, 0) is 54.0 Å². The van der Waals surface area contributed by atoms with E-state index in [1.807, 2.05) is 31.2 Å². The van der Waals surface area contributed by atoms with Crippen LogP contribution in [0.15, 0.2) is 70.8 Å². The van der Waals surface area contributed by atoms with E-state index in [0.717, 1.165) is 10.5 Å². The first kappa shape index (κ1) is 23.5. The van der Waals surface area contributed by atoms with Gasteiger partial charge in [0.15, 0.2) is 11.5 Å². The number of carbonyl (C=O) groups excluding carboxylic acids is 2. The third kappa shape index (κ3) is 5.28. The number of methoxy groups -OCH3 is 1. The third-order valence-corrected chi connectivity index (χ3v) is 6.00. The number of ether oxygens (including phenoxy) is 2. The van der Waals surface area contributed by atoms with Gasteiger partial charge in [-0.2, -0.15) is 0 Å². The van der Waals surface area contributed by atoms with Gasteiger partial charge in [0.2, 0.25) is 0 Å². The van der Waals surface area contributed by atoms with Gasteiger partial charge >= 0.3 is 6.03 Å². The summed E-state index contributed by atoms with van der Waals surface area (Å²) in [4.78, 5) is 26.3. The molecule has 0 atom stereocenters. The summed E-state index contributed by atoms with van der Waals surface area (Å²) in [7, 11) is 1.53. The topological polar surface area (TPSA) is 67.9 Å². The lowest BCUT2D eigenvalue weighted by atomic mass is 10.1. The van der Waals surface area contributed by atoms with E-state index in [-0.39, 0.29) is 18.1 Å². The van der Waals surface area contributed by atoms with E-state index >= 15 is 0 Å². The molecule has 6 nitrogen and oxygen atoms in total. The molecular weight excluding hydrogens is 503 g/mol. The fraction of sp³-hybridized carbons (Fsp3) is 0.154. The van der Waals surface area contributed by atoms with Crippen molar-refractivity contribution in [1.29, 1.82) is 0 Å². The summed E-state index contributed by atoms with van der Waals surface area (Å²) in [5, 5.41) is 2.60. The molecule has 0 spiro atoms. The summed E-state index contributed by atoms with van der Waals surface area (Å²) in [5.74, 6) is 0.172. The van der Waals surface area contributed by atoms with Gasteiger partial charge in [0, 0.05) is 4.47 Å². The Bertz CT molecular complexity index is 1260. The summed E-state index contributed by atoms with van der Waals surface area (Å²) in [5.41, 5.74) is 3.60. The lowest BCUT2D eigenvalue weighted by Crippen LogP contribution is -2.30. The van der Waals surface area contributed by atoms with Crippen molar-refractivity contribution in [3.63, 3.8) is 0 Å². The van der Waals surface area contributed by atoms with Crippen molar-refractivity contribution in [1.82, 2.24) is 10.2 Å². The molecule has 0 saturated carbocycles. The second kappa shape index (κ2) is 10.1. The molecule has 0 aliphatic carbocycles. The van der Waals surface area contributed by atoms with Crippen LogP contribution >= 0.6 is 15.9 Å². The fourth-order valence-electron chi connectivity index (χ4n) is 3.42. The number of aryl methyl sites for hydroxylation is 1. The van der Waals surface area contributed by atoms with Crippen LogP contribution in [0.25, 0.3) is 6.08 Å². The molecule has 1 heterocycles. The molecule has 174 valence electrons. The number of nitrogens with one attached hydrogen (secondary N) is 1. The average Bonchev–Trinajstić information content (AvgIpc) is 3.08. The monoisotopic (exact) mass is 524 g/mol. The van der Waals surface area contributed by atoms with Gasteiger partial charge in [0.25, 0.3) is 5.91 Å². The second-order valence-corrected chi connectivity index (χ2v) is 8.66. The molecule has 1 saturated heterocycles. The molecule has 0 aromatic heterocycles. The van der Waals surface area contributed by atoms with Gasteiger partial charge in [-0.3, -0.25) is 9.69 Å². The lowest BCUT2D eigenvalue weighted by molar-refractivity contribution is -0.123. The highest BCUT2D eigenvalue weighted by Gasteiger charge is 2.33. The maximum absolute atomic E-state index is 13.1. The van der Waals surface area contributed by atoms with Crippen molar-refractivity contribution in [3.05, 3.63) is 98.9 Å². The standard InChI is InChI=1S/C26H22BrFN2O4/c1-16-3-5-18(6-4-16)15-34-24-13-21(27)19(12-23(24)33-2)11-22-25(31)30(26(32)29-22)14-17-7-9-20(28)10-8-17/h3-13H,14-15H2,1-2H3,(H,29,32)/b22-11+. The fourth-order valence-corrected chi connectivity index (χ4v) is 3.86. The highest BCUT2D eigenvalue weighted by atomic mass is 79.9. The first-order valence-electron chi connectivity index (χ1n) is 10.5. The molecular formula is C26H22BrFN2O4. The minimum atomic E-state index is -0.540. The van der Waals surface area contributed by atoms with Crippen molar-refractivity contribution < 1.29 is 23.5 Å². The summed E-state index contributed by atoms with van der Waals surface area (Å²) in [6, 6.07) is 16.6. The Morgan fingerprint density at radius 3 is 2.35 bits per heavy atom. The van der Waals surface area contributed by atoms with Gasteiger partial charge < -0.3 is 14.8 Å². The van der Waals surface area contributed by atoms with E-state index < -0.39 is 11.9 Å². The Labute approximate surface area is 205 Å². The van der Waals surface area contributed by atoms with Crippen molar-refractivity contribution in [2.24, 2.45) is 0 Å². The van der Waals surface area contributed by atoms with Gasteiger partial charge in [-0.15, -0.1) is 0 Å². The normalized spacial score (nSPS) is 14.5. The Morgan fingerprint density at radius 1 is 1.00 bits per heavy atom. The van der Waals surface area contributed by atoms with Crippen molar-refractivity contribution in [2.75, 3.05) is 7.11 Å². The number of nitrogens with zero attached hydrogens (tertiary/aromatic N) is 1. The summed E-state index contributed by atoms with van der Waals surface area (Å²) >= 11 is 3.51. The van der Waals surface area contributed by atoms with Crippen LogP contribution in [-0.2, 0) is 17.9 Å². The Balaban J connectivity index is 1.52. The van der Waals surface area contributed by atoms with E-state index in [2.05, 4.69) is 21.2 Å². The van der Waals surface area contributed by atoms with Crippen molar-refractivity contribution in [2.45, 2.75) is 20.1 Å². The quantitative estimate of drug-likeness (QED) is 0.323. The van der Waals surface area contributed by atoms with Gasteiger partial charge in [-0.1, -0.05) is 57.9 Å². The maximum atomic E-state index is 13.1. The highest BCUT2D eigenvalue weighted by molar-refractivity contribution is 9.10. The number of imide groups is 1. The van der Waals surface area contributed by atoms with Crippen LogP contribution in [0.4, 0.5) is 9.18 Å². The number of urea groups is 1. The molecule has 4 rings (SSSR count). The Kier molecular flexibility index (Phi) is 6.98. The molecule has 1 aliphatic rings. The molecule has 3 aromatic rings. The zero-order valence-electron chi connectivity index (χ0n) is 18.6. The van der Waals surface area contributed by atoms with E-state index in [9.17, 15) is 14.0 Å². The van der Waals surface area contributed by atoms with Crippen molar-refractivity contribution in [3.8, 4) is 11.5 Å². The number of hydrogen-bond donors (Lipinski definition) is 1. The van der Waals surface area contributed by atoms with Crippen molar-refractivity contribution >= 4 is 33.9 Å². The number of hydrogen-bond acceptors (Lipinski definition) is 4. The Morgan fingerprint density at radius 2 is 1.68 bits per heavy atom. The van der Waals surface area contributed by atoms with Gasteiger partial charge in [0.05, 0.1) is 13.7 Å². The molecule has 1 fully saturated rings. The van der Waals surface area contributed by atoms with Crippen LogP contribution in [0.1, 0.15) is 22.3 Å². The zero-order chi connectivity index (χ0) is 24.2. The van der Waals surface area contributed by atoms with E-state index in [0.29, 0.717) is 33.7 Å². The average molecular weight is 525 g/mol. The molecule has 0 radical (unpaired) electrons. The first-order valence-corrected chi connectivity index (χ1v) is 11.3. The summed E-state index contributed by atoms with van der Waals surface area (Å²) < 4.78 is 25.2.